The SMILES string of the molecule is O=C(C[C@H]1CC[C@@H](c2ccc(C(=O)O)cc2)CC1)Nc1ccc(Cl)cc1. The van der Waals surface area contributed by atoms with Crippen LogP contribution in [0.15, 0.2) is 48.5 Å². The molecule has 0 spiro atoms. The van der Waals surface area contributed by atoms with Crippen molar-refractivity contribution in [1.82, 2.24) is 0 Å². The van der Waals surface area contributed by atoms with Crippen LogP contribution in [0.25, 0.3) is 0 Å². The van der Waals surface area contributed by atoms with Crippen molar-refractivity contribution in [2.24, 2.45) is 5.92 Å². The summed E-state index contributed by atoms with van der Waals surface area (Å²) in [5.74, 6) is -0.00111. The molecular formula is C21H22ClNO3. The fourth-order valence-corrected chi connectivity index (χ4v) is 3.73. The van der Waals surface area contributed by atoms with Gasteiger partial charge in [0, 0.05) is 17.1 Å². The number of amides is 1. The van der Waals surface area contributed by atoms with E-state index in [9.17, 15) is 9.59 Å². The van der Waals surface area contributed by atoms with Crippen LogP contribution >= 0.6 is 11.6 Å². The molecule has 0 atom stereocenters. The van der Waals surface area contributed by atoms with E-state index in [0.717, 1.165) is 31.4 Å². The van der Waals surface area contributed by atoms with E-state index < -0.39 is 5.97 Å². The predicted molar refractivity (Wildman–Crippen MR) is 103 cm³/mol. The molecule has 2 aromatic carbocycles. The second-order valence-electron chi connectivity index (χ2n) is 6.90. The third-order valence-electron chi connectivity index (χ3n) is 5.08. The summed E-state index contributed by atoms with van der Waals surface area (Å²) in [5, 5.41) is 12.6. The molecule has 0 aliphatic heterocycles. The van der Waals surface area contributed by atoms with Crippen molar-refractivity contribution in [3.63, 3.8) is 0 Å². The van der Waals surface area contributed by atoms with Gasteiger partial charge in [0.05, 0.1) is 5.56 Å². The maximum Gasteiger partial charge on any atom is 0.335 e. The molecule has 2 N–H and O–H groups in total. The molecule has 0 heterocycles. The standard InChI is InChI=1S/C21H22ClNO3/c22-18-9-11-19(12-10-18)23-20(24)13-14-1-3-15(4-2-14)16-5-7-17(8-6-16)21(25)26/h5-12,14-15H,1-4,13H2,(H,23,24)(H,25,26)/t14-,15+. The van der Waals surface area contributed by atoms with Gasteiger partial charge in [0.1, 0.15) is 0 Å². The van der Waals surface area contributed by atoms with Crippen LogP contribution in [-0.2, 0) is 4.79 Å². The van der Waals surface area contributed by atoms with Gasteiger partial charge in [0.15, 0.2) is 0 Å². The highest BCUT2D eigenvalue weighted by Crippen LogP contribution is 2.37. The van der Waals surface area contributed by atoms with E-state index in [0.29, 0.717) is 28.8 Å². The van der Waals surface area contributed by atoms with Crippen molar-refractivity contribution < 1.29 is 14.7 Å². The number of carbonyl (C=O) groups excluding carboxylic acids is 1. The summed E-state index contributed by atoms with van der Waals surface area (Å²) in [4.78, 5) is 23.2. The van der Waals surface area contributed by atoms with Gasteiger partial charge in [-0.3, -0.25) is 4.79 Å². The maximum atomic E-state index is 12.2. The molecule has 1 aliphatic carbocycles. The molecule has 3 rings (SSSR count). The first kappa shape index (κ1) is 18.5. The molecule has 0 saturated heterocycles. The predicted octanol–water partition coefficient (Wildman–Crippen LogP) is 5.34. The van der Waals surface area contributed by atoms with Gasteiger partial charge >= 0.3 is 5.97 Å². The van der Waals surface area contributed by atoms with E-state index in [1.165, 1.54) is 5.56 Å². The molecule has 4 nitrogen and oxygen atoms in total. The summed E-state index contributed by atoms with van der Waals surface area (Å²) in [5.41, 5.74) is 2.28. The summed E-state index contributed by atoms with van der Waals surface area (Å²) in [6.07, 6.45) is 4.63. The molecule has 5 heteroatoms. The second-order valence-corrected chi connectivity index (χ2v) is 7.34. The van der Waals surface area contributed by atoms with E-state index in [4.69, 9.17) is 16.7 Å². The number of carbonyl (C=O) groups is 2. The fraction of sp³-hybridized carbons (Fsp3) is 0.333. The van der Waals surface area contributed by atoms with Crippen LogP contribution in [-0.4, -0.2) is 17.0 Å². The van der Waals surface area contributed by atoms with Crippen molar-refractivity contribution >= 4 is 29.2 Å². The molecule has 1 amide bonds. The first-order valence-corrected chi connectivity index (χ1v) is 9.28. The van der Waals surface area contributed by atoms with Crippen molar-refractivity contribution in [3.8, 4) is 0 Å². The molecular weight excluding hydrogens is 350 g/mol. The topological polar surface area (TPSA) is 66.4 Å². The molecule has 1 aliphatic rings. The lowest BCUT2D eigenvalue weighted by molar-refractivity contribution is -0.117. The van der Waals surface area contributed by atoms with Gasteiger partial charge in [0.25, 0.3) is 0 Å². The molecule has 0 bridgehead atoms. The zero-order chi connectivity index (χ0) is 18.5. The molecule has 1 saturated carbocycles. The van der Waals surface area contributed by atoms with Crippen molar-refractivity contribution in [2.45, 2.75) is 38.0 Å². The second kappa shape index (κ2) is 8.37. The molecule has 26 heavy (non-hydrogen) atoms. The van der Waals surface area contributed by atoms with Gasteiger partial charge in [-0.15, -0.1) is 0 Å². The molecule has 0 aromatic heterocycles. The van der Waals surface area contributed by atoms with Gasteiger partial charge in [-0.25, -0.2) is 4.79 Å². The van der Waals surface area contributed by atoms with Crippen molar-refractivity contribution in [1.29, 1.82) is 0 Å². The Labute approximate surface area is 158 Å². The molecule has 0 unspecified atom stereocenters. The van der Waals surface area contributed by atoms with E-state index in [-0.39, 0.29) is 5.91 Å². The summed E-state index contributed by atoms with van der Waals surface area (Å²) in [6.45, 7) is 0. The van der Waals surface area contributed by atoms with Gasteiger partial charge in [-0.05, 0) is 79.5 Å². The third kappa shape index (κ3) is 4.85. The molecule has 0 radical (unpaired) electrons. The maximum absolute atomic E-state index is 12.2. The Balaban J connectivity index is 1.48. The van der Waals surface area contributed by atoms with Crippen molar-refractivity contribution in [2.75, 3.05) is 5.32 Å². The number of carboxylic acids is 1. The number of rotatable bonds is 5. The number of nitrogens with one attached hydrogen (secondary N) is 1. The first-order valence-electron chi connectivity index (χ1n) is 8.90. The van der Waals surface area contributed by atoms with Crippen LogP contribution in [0.4, 0.5) is 5.69 Å². The summed E-state index contributed by atoms with van der Waals surface area (Å²) >= 11 is 5.85. The number of carboxylic acid groups (broad SMARTS) is 1. The minimum absolute atomic E-state index is 0.0431. The number of aromatic carboxylic acids is 1. The monoisotopic (exact) mass is 371 g/mol. The average molecular weight is 372 g/mol. The highest BCUT2D eigenvalue weighted by atomic mass is 35.5. The third-order valence-corrected chi connectivity index (χ3v) is 5.33. The van der Waals surface area contributed by atoms with Crippen LogP contribution in [0, 0.1) is 5.92 Å². The lowest BCUT2D eigenvalue weighted by Crippen LogP contribution is -2.20. The highest BCUT2D eigenvalue weighted by Gasteiger charge is 2.24. The Morgan fingerprint density at radius 3 is 2.15 bits per heavy atom. The zero-order valence-corrected chi connectivity index (χ0v) is 15.2. The Morgan fingerprint density at radius 1 is 0.962 bits per heavy atom. The van der Waals surface area contributed by atoms with Gasteiger partial charge in [-0.2, -0.15) is 0 Å². The van der Waals surface area contributed by atoms with Gasteiger partial charge < -0.3 is 10.4 Å². The van der Waals surface area contributed by atoms with Crippen LogP contribution in [0.2, 0.25) is 5.02 Å². The van der Waals surface area contributed by atoms with Crippen LogP contribution in [0.3, 0.4) is 0 Å². The number of anilines is 1. The number of halogens is 1. The van der Waals surface area contributed by atoms with Gasteiger partial charge in [-0.1, -0.05) is 23.7 Å². The number of benzene rings is 2. The van der Waals surface area contributed by atoms with Crippen LogP contribution in [0.1, 0.15) is 53.9 Å². The van der Waals surface area contributed by atoms with Crippen molar-refractivity contribution in [3.05, 3.63) is 64.7 Å². The lowest BCUT2D eigenvalue weighted by atomic mass is 9.77. The van der Waals surface area contributed by atoms with E-state index >= 15 is 0 Å². The smallest absolute Gasteiger partial charge is 0.335 e. The molecule has 136 valence electrons. The highest BCUT2D eigenvalue weighted by molar-refractivity contribution is 6.30. The quantitative estimate of drug-likeness (QED) is 0.745. The first-order chi connectivity index (χ1) is 12.5. The Bertz CT molecular complexity index is 763. The van der Waals surface area contributed by atoms with E-state index in [2.05, 4.69) is 5.32 Å². The fourth-order valence-electron chi connectivity index (χ4n) is 3.61. The summed E-state index contributed by atoms with van der Waals surface area (Å²) in [7, 11) is 0. The number of hydrogen-bond acceptors (Lipinski definition) is 2. The Morgan fingerprint density at radius 2 is 1.58 bits per heavy atom. The molecule has 2 aromatic rings. The Hall–Kier alpha value is -2.33. The minimum Gasteiger partial charge on any atom is -0.478 e. The lowest BCUT2D eigenvalue weighted by Gasteiger charge is -2.28. The summed E-state index contributed by atoms with van der Waals surface area (Å²) in [6, 6.07) is 14.3. The van der Waals surface area contributed by atoms with Gasteiger partial charge in [0.2, 0.25) is 5.91 Å². The minimum atomic E-state index is -0.896. The van der Waals surface area contributed by atoms with E-state index in [1.807, 2.05) is 12.1 Å². The molecule has 1 fully saturated rings. The van der Waals surface area contributed by atoms with E-state index in [1.54, 1.807) is 36.4 Å². The average Bonchev–Trinajstić information content (AvgIpc) is 2.64. The summed E-state index contributed by atoms with van der Waals surface area (Å²) < 4.78 is 0. The van der Waals surface area contributed by atoms with Crippen LogP contribution < -0.4 is 5.32 Å². The normalized spacial score (nSPS) is 19.7. The zero-order valence-electron chi connectivity index (χ0n) is 14.5. The Kier molecular flexibility index (Phi) is 5.94. The van der Waals surface area contributed by atoms with Crippen LogP contribution in [0.5, 0.6) is 0 Å². The number of hydrogen-bond donors (Lipinski definition) is 2. The largest absolute Gasteiger partial charge is 0.478 e.